The number of benzene rings is 1. The number of aromatic nitrogens is 2. The Labute approximate surface area is 146 Å². The average molecular weight is 342 g/mol. The molecule has 1 aromatic heterocycles. The van der Waals surface area contributed by atoms with E-state index < -0.39 is 0 Å². The smallest absolute Gasteiger partial charge is 0.258 e. The average Bonchev–Trinajstić information content (AvgIpc) is 3.12. The molecule has 1 aliphatic rings. The molecule has 1 fully saturated rings. The van der Waals surface area contributed by atoms with E-state index in [4.69, 9.17) is 15.2 Å². The Kier molecular flexibility index (Phi) is 5.45. The first-order valence-corrected chi connectivity index (χ1v) is 8.31. The summed E-state index contributed by atoms with van der Waals surface area (Å²) in [6.07, 6.45) is 1.78. The molecule has 1 unspecified atom stereocenters. The van der Waals surface area contributed by atoms with Gasteiger partial charge in [-0.15, -0.1) is 5.10 Å². The van der Waals surface area contributed by atoms with Gasteiger partial charge in [0, 0.05) is 13.7 Å². The molecule has 2 N–H and O–H groups in total. The number of hydrogen-bond donors (Lipinski definition) is 1. The van der Waals surface area contributed by atoms with Crippen molar-refractivity contribution in [2.75, 3.05) is 32.6 Å². The SMILES string of the molecule is COCCOc1ccccc1C(=O)N1CCCC1c1ccc(N)nn1. The van der Waals surface area contributed by atoms with Gasteiger partial charge in [0.1, 0.15) is 18.2 Å². The topological polar surface area (TPSA) is 90.6 Å². The maximum absolute atomic E-state index is 13.1. The lowest BCUT2D eigenvalue weighted by Gasteiger charge is -2.25. The minimum Gasteiger partial charge on any atom is -0.490 e. The molecule has 0 aliphatic carbocycles. The largest absolute Gasteiger partial charge is 0.490 e. The predicted octanol–water partition coefficient (Wildman–Crippen LogP) is 2.06. The van der Waals surface area contributed by atoms with Crippen LogP contribution in [0.25, 0.3) is 0 Å². The van der Waals surface area contributed by atoms with Gasteiger partial charge in [0.2, 0.25) is 0 Å². The molecule has 1 atom stereocenters. The number of anilines is 1. The molecule has 1 aromatic carbocycles. The zero-order valence-corrected chi connectivity index (χ0v) is 14.2. The van der Waals surface area contributed by atoms with Crippen molar-refractivity contribution in [1.82, 2.24) is 15.1 Å². The first-order chi connectivity index (χ1) is 12.2. The molecular weight excluding hydrogens is 320 g/mol. The number of carbonyl (C=O) groups excluding carboxylic acids is 1. The highest BCUT2D eigenvalue weighted by Crippen LogP contribution is 2.33. The maximum Gasteiger partial charge on any atom is 0.258 e. The van der Waals surface area contributed by atoms with Crippen molar-refractivity contribution in [2.24, 2.45) is 0 Å². The Hall–Kier alpha value is -2.67. The molecule has 2 aromatic rings. The summed E-state index contributed by atoms with van der Waals surface area (Å²) in [6, 6.07) is 10.7. The number of likely N-dealkylation sites (tertiary alicyclic amines) is 1. The van der Waals surface area contributed by atoms with Crippen LogP contribution in [0.5, 0.6) is 5.75 Å². The second-order valence-electron chi connectivity index (χ2n) is 5.88. The fourth-order valence-electron chi connectivity index (χ4n) is 3.01. The van der Waals surface area contributed by atoms with Crippen LogP contribution in [0.2, 0.25) is 0 Å². The molecule has 0 saturated carbocycles. The zero-order chi connectivity index (χ0) is 17.6. The third kappa shape index (κ3) is 3.88. The number of nitrogen functional groups attached to an aromatic ring is 1. The molecule has 1 amide bonds. The number of nitrogens with zero attached hydrogens (tertiary/aromatic N) is 3. The van der Waals surface area contributed by atoms with Gasteiger partial charge in [0.25, 0.3) is 5.91 Å². The Morgan fingerprint density at radius 3 is 2.84 bits per heavy atom. The Morgan fingerprint density at radius 1 is 1.24 bits per heavy atom. The van der Waals surface area contributed by atoms with Crippen molar-refractivity contribution in [2.45, 2.75) is 18.9 Å². The molecule has 7 heteroatoms. The third-order valence-corrected chi connectivity index (χ3v) is 4.22. The summed E-state index contributed by atoms with van der Waals surface area (Å²) < 4.78 is 10.7. The normalized spacial score (nSPS) is 16.8. The second kappa shape index (κ2) is 7.94. The molecule has 1 aliphatic heterocycles. The summed E-state index contributed by atoms with van der Waals surface area (Å²) in [5.74, 6) is 0.879. The molecule has 1 saturated heterocycles. The molecule has 7 nitrogen and oxygen atoms in total. The standard InChI is InChI=1S/C18H22N4O3/c1-24-11-12-25-16-7-3-2-5-13(16)18(23)22-10-4-6-15(22)14-8-9-17(19)21-20-14/h2-3,5,7-9,15H,4,6,10-12H2,1H3,(H2,19,21). The van der Waals surface area contributed by atoms with E-state index in [1.807, 2.05) is 23.1 Å². The quantitative estimate of drug-likeness (QED) is 0.808. The minimum atomic E-state index is -0.0902. The van der Waals surface area contributed by atoms with Gasteiger partial charge in [-0.2, -0.15) is 5.10 Å². The van der Waals surface area contributed by atoms with Gasteiger partial charge >= 0.3 is 0 Å². The van der Waals surface area contributed by atoms with E-state index in [1.165, 1.54) is 0 Å². The lowest BCUT2D eigenvalue weighted by atomic mass is 10.1. The summed E-state index contributed by atoms with van der Waals surface area (Å²) in [5.41, 5.74) is 6.92. The van der Waals surface area contributed by atoms with Gasteiger partial charge in [-0.05, 0) is 37.1 Å². The van der Waals surface area contributed by atoms with Crippen molar-refractivity contribution < 1.29 is 14.3 Å². The van der Waals surface area contributed by atoms with Crippen LogP contribution in [-0.4, -0.2) is 47.9 Å². The number of methoxy groups -OCH3 is 1. The summed E-state index contributed by atoms with van der Waals surface area (Å²) >= 11 is 0. The molecule has 0 radical (unpaired) electrons. The van der Waals surface area contributed by atoms with Crippen LogP contribution in [0.4, 0.5) is 5.82 Å². The monoisotopic (exact) mass is 342 g/mol. The Morgan fingerprint density at radius 2 is 2.08 bits per heavy atom. The molecular formula is C18H22N4O3. The fraction of sp³-hybridized carbons (Fsp3) is 0.389. The number of carbonyl (C=O) groups is 1. The van der Waals surface area contributed by atoms with Crippen molar-refractivity contribution in [3.05, 3.63) is 47.7 Å². The first-order valence-electron chi connectivity index (χ1n) is 8.31. The molecule has 0 bridgehead atoms. The van der Waals surface area contributed by atoms with Crippen LogP contribution < -0.4 is 10.5 Å². The van der Waals surface area contributed by atoms with Crippen LogP contribution in [0.3, 0.4) is 0 Å². The number of ether oxygens (including phenoxy) is 2. The summed E-state index contributed by atoms with van der Waals surface area (Å²) in [5, 5.41) is 8.06. The zero-order valence-electron chi connectivity index (χ0n) is 14.2. The van der Waals surface area contributed by atoms with Gasteiger partial charge in [-0.25, -0.2) is 0 Å². The van der Waals surface area contributed by atoms with Crippen LogP contribution in [0.15, 0.2) is 36.4 Å². The predicted molar refractivity (Wildman–Crippen MR) is 93.3 cm³/mol. The van der Waals surface area contributed by atoms with E-state index in [0.29, 0.717) is 36.9 Å². The highest BCUT2D eigenvalue weighted by Gasteiger charge is 2.32. The summed E-state index contributed by atoms with van der Waals surface area (Å²) in [4.78, 5) is 14.9. The third-order valence-electron chi connectivity index (χ3n) is 4.22. The van der Waals surface area contributed by atoms with Gasteiger partial charge < -0.3 is 20.1 Å². The number of amides is 1. The van der Waals surface area contributed by atoms with Crippen molar-refractivity contribution in [3.63, 3.8) is 0 Å². The van der Waals surface area contributed by atoms with Gasteiger partial charge in [0.05, 0.1) is 23.9 Å². The number of rotatable bonds is 6. The lowest BCUT2D eigenvalue weighted by Crippen LogP contribution is -2.31. The van der Waals surface area contributed by atoms with E-state index in [0.717, 1.165) is 18.5 Å². The summed E-state index contributed by atoms with van der Waals surface area (Å²) in [6.45, 7) is 1.55. The van der Waals surface area contributed by atoms with Crippen LogP contribution in [-0.2, 0) is 4.74 Å². The van der Waals surface area contributed by atoms with E-state index in [2.05, 4.69) is 10.2 Å². The molecule has 2 heterocycles. The van der Waals surface area contributed by atoms with Crippen molar-refractivity contribution >= 4 is 11.7 Å². The maximum atomic E-state index is 13.1. The summed E-state index contributed by atoms with van der Waals surface area (Å²) in [7, 11) is 1.61. The lowest BCUT2D eigenvalue weighted by molar-refractivity contribution is 0.0725. The van der Waals surface area contributed by atoms with Crippen LogP contribution in [0, 0.1) is 0 Å². The molecule has 3 rings (SSSR count). The first kappa shape index (κ1) is 17.2. The number of para-hydroxylation sites is 1. The van der Waals surface area contributed by atoms with E-state index in [-0.39, 0.29) is 11.9 Å². The van der Waals surface area contributed by atoms with Gasteiger partial charge in [0.15, 0.2) is 0 Å². The molecule has 0 spiro atoms. The van der Waals surface area contributed by atoms with E-state index in [9.17, 15) is 4.79 Å². The fourth-order valence-corrected chi connectivity index (χ4v) is 3.01. The number of nitrogens with two attached hydrogens (primary N) is 1. The van der Waals surface area contributed by atoms with Crippen molar-refractivity contribution in [1.29, 1.82) is 0 Å². The Balaban J connectivity index is 1.81. The second-order valence-corrected chi connectivity index (χ2v) is 5.88. The van der Waals surface area contributed by atoms with E-state index >= 15 is 0 Å². The molecule has 25 heavy (non-hydrogen) atoms. The van der Waals surface area contributed by atoms with E-state index in [1.54, 1.807) is 25.3 Å². The van der Waals surface area contributed by atoms with Crippen molar-refractivity contribution in [3.8, 4) is 5.75 Å². The number of hydrogen-bond acceptors (Lipinski definition) is 6. The highest BCUT2D eigenvalue weighted by atomic mass is 16.5. The van der Waals surface area contributed by atoms with Crippen LogP contribution >= 0.6 is 0 Å². The highest BCUT2D eigenvalue weighted by molar-refractivity contribution is 5.97. The minimum absolute atomic E-state index is 0.0610. The molecule has 132 valence electrons. The van der Waals surface area contributed by atoms with Gasteiger partial charge in [-0.1, -0.05) is 12.1 Å². The van der Waals surface area contributed by atoms with Crippen LogP contribution in [0.1, 0.15) is 34.9 Å². The Bertz CT molecular complexity index is 721. The van der Waals surface area contributed by atoms with Gasteiger partial charge in [-0.3, -0.25) is 4.79 Å².